The molecule has 0 spiro atoms. The molecule has 0 aliphatic carbocycles. The monoisotopic (exact) mass is 415 g/mol. The van der Waals surface area contributed by atoms with Crippen LogP contribution in [-0.2, 0) is 17.8 Å². The van der Waals surface area contributed by atoms with Crippen molar-refractivity contribution in [3.05, 3.63) is 78.3 Å². The number of carbonyl (C=O) groups excluding carboxylic acids is 1. The molecule has 1 amide bonds. The van der Waals surface area contributed by atoms with Gasteiger partial charge < -0.3 is 11.1 Å². The topological polar surface area (TPSA) is 85.3 Å². The zero-order chi connectivity index (χ0) is 22.5. The molecule has 0 aliphatic heterocycles. The van der Waals surface area contributed by atoms with E-state index in [1.54, 1.807) is 6.92 Å². The van der Waals surface area contributed by atoms with Crippen LogP contribution < -0.4 is 11.1 Å². The van der Waals surface area contributed by atoms with Crippen molar-refractivity contribution in [3.8, 4) is 23.5 Å². The minimum atomic E-state index is -0.295. The number of amides is 1. The van der Waals surface area contributed by atoms with Crippen molar-refractivity contribution in [1.29, 1.82) is 0 Å². The van der Waals surface area contributed by atoms with Crippen molar-refractivity contribution >= 4 is 11.6 Å². The van der Waals surface area contributed by atoms with E-state index in [-0.39, 0.29) is 5.91 Å². The molecule has 31 heavy (non-hydrogen) atoms. The molecule has 0 fully saturated rings. The van der Waals surface area contributed by atoms with Crippen LogP contribution in [-0.4, -0.2) is 27.0 Å². The van der Waals surface area contributed by atoms with Gasteiger partial charge in [0.05, 0.1) is 6.20 Å². The number of nitrogens with two attached hydrogens (primary N) is 1. The van der Waals surface area contributed by atoms with E-state index in [0.29, 0.717) is 19.5 Å². The maximum atomic E-state index is 10.8. The Labute approximate surface area is 183 Å². The number of allylic oxidation sites excluding steroid dienone is 4. The molecular weight excluding hydrogens is 386 g/mol. The molecule has 0 bridgehead atoms. The van der Waals surface area contributed by atoms with Crippen LogP contribution in [0.25, 0.3) is 16.8 Å². The van der Waals surface area contributed by atoms with Gasteiger partial charge in [0.1, 0.15) is 0 Å². The first-order chi connectivity index (χ1) is 15.1. The predicted octanol–water partition coefficient (Wildman–Crippen LogP) is 3.68. The third kappa shape index (κ3) is 7.57. The Balaban J connectivity index is 0.00000107. The van der Waals surface area contributed by atoms with Crippen LogP contribution in [0.2, 0.25) is 0 Å². The molecule has 2 aromatic heterocycles. The summed E-state index contributed by atoms with van der Waals surface area (Å²) in [5, 5.41) is 7.68. The molecule has 0 radical (unpaired) electrons. The van der Waals surface area contributed by atoms with E-state index in [0.717, 1.165) is 34.3 Å². The molecule has 3 rings (SSSR count). The van der Waals surface area contributed by atoms with Crippen LogP contribution in [0.15, 0.2) is 67.2 Å². The van der Waals surface area contributed by atoms with Crippen LogP contribution >= 0.6 is 0 Å². The number of terminal acetylenes is 1. The quantitative estimate of drug-likeness (QED) is 0.317. The summed E-state index contributed by atoms with van der Waals surface area (Å²) in [5.74, 6) is 1.96. The highest BCUT2D eigenvalue weighted by molar-refractivity contribution is 5.73. The average Bonchev–Trinajstić information content (AvgIpc) is 3.17. The lowest BCUT2D eigenvalue weighted by Crippen LogP contribution is -2.21. The normalized spacial score (nSPS) is 10.9. The molecular formula is C25H29N5O. The molecule has 0 saturated heterocycles. The van der Waals surface area contributed by atoms with E-state index in [4.69, 9.17) is 5.73 Å². The molecule has 0 atom stereocenters. The maximum Gasteiger partial charge on any atom is 0.218 e. The fourth-order valence-corrected chi connectivity index (χ4v) is 2.91. The summed E-state index contributed by atoms with van der Waals surface area (Å²) in [4.78, 5) is 15.4. The van der Waals surface area contributed by atoms with Gasteiger partial charge in [0.2, 0.25) is 5.91 Å². The highest BCUT2D eigenvalue weighted by Gasteiger charge is 2.07. The number of hydrogen-bond acceptors (Lipinski definition) is 4. The molecule has 6 nitrogen and oxygen atoms in total. The molecule has 0 saturated carbocycles. The predicted molar refractivity (Wildman–Crippen MR) is 126 cm³/mol. The van der Waals surface area contributed by atoms with Crippen LogP contribution in [0.3, 0.4) is 0 Å². The number of fused-ring (bicyclic) bond motifs is 1. The molecule has 3 N–H and O–H groups in total. The lowest BCUT2D eigenvalue weighted by molar-refractivity contribution is -0.117. The van der Waals surface area contributed by atoms with Crippen LogP contribution in [0, 0.1) is 12.3 Å². The van der Waals surface area contributed by atoms with E-state index < -0.39 is 0 Å². The van der Waals surface area contributed by atoms with Gasteiger partial charge in [-0.15, -0.1) is 12.3 Å². The Bertz CT molecular complexity index is 1090. The minimum Gasteiger partial charge on any atom is -0.370 e. The van der Waals surface area contributed by atoms with Gasteiger partial charge in [-0.2, -0.15) is 5.10 Å². The molecule has 3 aromatic rings. The third-order valence-corrected chi connectivity index (χ3v) is 4.34. The Kier molecular flexibility index (Phi) is 9.73. The van der Waals surface area contributed by atoms with E-state index in [1.165, 1.54) is 0 Å². The van der Waals surface area contributed by atoms with Crippen LogP contribution in [0.1, 0.15) is 31.4 Å². The Morgan fingerprint density at radius 3 is 2.84 bits per heavy atom. The van der Waals surface area contributed by atoms with Gasteiger partial charge in [0.15, 0.2) is 5.65 Å². The highest BCUT2D eigenvalue weighted by Crippen LogP contribution is 2.21. The van der Waals surface area contributed by atoms with Gasteiger partial charge in [-0.3, -0.25) is 4.79 Å². The van der Waals surface area contributed by atoms with Crippen molar-refractivity contribution in [1.82, 2.24) is 19.9 Å². The Morgan fingerprint density at radius 1 is 1.29 bits per heavy atom. The smallest absolute Gasteiger partial charge is 0.218 e. The number of aromatic nitrogens is 3. The summed E-state index contributed by atoms with van der Waals surface area (Å²) in [6.45, 7) is 4.90. The van der Waals surface area contributed by atoms with Crippen LogP contribution in [0.5, 0.6) is 0 Å². The first kappa shape index (κ1) is 23.6. The van der Waals surface area contributed by atoms with E-state index in [9.17, 15) is 4.79 Å². The summed E-state index contributed by atoms with van der Waals surface area (Å²) in [6.07, 6.45) is 19.6. The minimum absolute atomic E-state index is 0.295. The van der Waals surface area contributed by atoms with Gasteiger partial charge >= 0.3 is 0 Å². The number of benzene rings is 1. The second kappa shape index (κ2) is 12.8. The third-order valence-electron chi connectivity index (χ3n) is 4.34. The fraction of sp³-hybridized carbons (Fsp3) is 0.240. The van der Waals surface area contributed by atoms with Crippen LogP contribution in [0.4, 0.5) is 0 Å². The van der Waals surface area contributed by atoms with Gasteiger partial charge in [-0.25, -0.2) is 9.50 Å². The number of carbonyl (C=O) groups is 1. The van der Waals surface area contributed by atoms with Gasteiger partial charge in [0.25, 0.3) is 0 Å². The summed E-state index contributed by atoms with van der Waals surface area (Å²) >= 11 is 0. The molecule has 1 aromatic carbocycles. The second-order valence-corrected chi connectivity index (χ2v) is 6.82. The van der Waals surface area contributed by atoms with Gasteiger partial charge in [-0.1, -0.05) is 42.5 Å². The standard InChI is InChI=1S/C22H25N5O.C3H4/c1-2-3-4-5-8-19-15-26-27-16-20(14-25-22(19)27)18-9-6-7-17(12-18)13-24-11-10-21(23)28;1-3-2/h2-7,9,12,14-16,24H,8,10-11,13H2,1H3,(H2,23,28);1H,2H3/b3-2-,5-4-;. The number of primary amides is 1. The average molecular weight is 416 g/mol. The zero-order valence-electron chi connectivity index (χ0n) is 18.1. The Morgan fingerprint density at radius 2 is 2.10 bits per heavy atom. The SMILES string of the molecule is C#CC.C/C=C\C=C/Cc1cnn2cc(-c3cccc(CNCCC(N)=O)c3)cnc12. The van der Waals surface area contributed by atoms with Crippen molar-refractivity contribution in [2.24, 2.45) is 5.73 Å². The van der Waals surface area contributed by atoms with Gasteiger partial charge in [-0.05, 0) is 37.5 Å². The van der Waals surface area contributed by atoms with E-state index >= 15 is 0 Å². The second-order valence-electron chi connectivity index (χ2n) is 6.82. The zero-order valence-corrected chi connectivity index (χ0v) is 18.1. The fourth-order valence-electron chi connectivity index (χ4n) is 2.91. The highest BCUT2D eigenvalue weighted by atomic mass is 16.1. The number of rotatable bonds is 9. The molecule has 0 aliphatic rings. The van der Waals surface area contributed by atoms with Crippen molar-refractivity contribution in [2.75, 3.05) is 6.54 Å². The summed E-state index contributed by atoms with van der Waals surface area (Å²) in [5.41, 5.74) is 10.3. The molecule has 0 unspecified atom stereocenters. The van der Waals surface area contributed by atoms with Gasteiger partial charge in [0, 0.05) is 43.0 Å². The van der Waals surface area contributed by atoms with Crippen molar-refractivity contribution in [2.45, 2.75) is 33.2 Å². The van der Waals surface area contributed by atoms with Crippen molar-refractivity contribution in [3.63, 3.8) is 0 Å². The van der Waals surface area contributed by atoms with E-state index in [1.807, 2.05) is 54.3 Å². The summed E-state index contributed by atoms with van der Waals surface area (Å²) < 4.78 is 1.83. The number of nitrogens with one attached hydrogen (secondary N) is 1. The number of hydrogen-bond donors (Lipinski definition) is 2. The lowest BCUT2D eigenvalue weighted by Gasteiger charge is -2.07. The van der Waals surface area contributed by atoms with Crippen molar-refractivity contribution < 1.29 is 4.79 Å². The maximum absolute atomic E-state index is 10.8. The number of nitrogens with zero attached hydrogens (tertiary/aromatic N) is 3. The molecule has 160 valence electrons. The summed E-state index contributed by atoms with van der Waals surface area (Å²) in [7, 11) is 0. The molecule has 6 heteroatoms. The molecule has 2 heterocycles. The van der Waals surface area contributed by atoms with E-state index in [2.05, 4.69) is 52.0 Å². The largest absolute Gasteiger partial charge is 0.370 e. The first-order valence-corrected chi connectivity index (χ1v) is 10.1. The Hall–Kier alpha value is -3.69. The lowest BCUT2D eigenvalue weighted by atomic mass is 10.1. The summed E-state index contributed by atoms with van der Waals surface area (Å²) in [6, 6.07) is 8.24. The first-order valence-electron chi connectivity index (χ1n) is 10.1.